The van der Waals surface area contributed by atoms with Crippen LogP contribution in [0.1, 0.15) is 106 Å². The Morgan fingerprint density at radius 3 is 1.65 bits per heavy atom. The summed E-state index contributed by atoms with van der Waals surface area (Å²) in [6, 6.07) is 6.95. The standard InChI is InChI=1S/C36H59N5O10/c1-10-48-29(43)27(21-15-17-23-38-32(46)51-35(5,6)7)39-30(44)36(8,9)41-28(42)26(20-14-16-22-37-31(45)50-34(2,3)4)40-33(47)49-24-25-18-12-11-13-19-25/h11-13,18-19,26-27H,10,14-17,20-24H2,1-9H3,(H,37,45)(H,38,46)(H,39,44)(H,40,47)(H,41,42)/t26-,27-/m0/s1. The van der Waals surface area contributed by atoms with Crippen LogP contribution in [-0.4, -0.2) is 84.6 Å². The maximum absolute atomic E-state index is 13.5. The number of amides is 5. The van der Waals surface area contributed by atoms with Crippen molar-refractivity contribution in [2.24, 2.45) is 0 Å². The number of benzene rings is 1. The van der Waals surface area contributed by atoms with Crippen molar-refractivity contribution in [3.8, 4) is 0 Å². The molecule has 0 aliphatic rings. The Labute approximate surface area is 302 Å². The first-order valence-electron chi connectivity index (χ1n) is 17.4. The molecule has 15 heteroatoms. The lowest BCUT2D eigenvalue weighted by atomic mass is 10.0. The van der Waals surface area contributed by atoms with Crippen LogP contribution in [0.4, 0.5) is 14.4 Å². The van der Waals surface area contributed by atoms with Crippen LogP contribution >= 0.6 is 0 Å². The minimum atomic E-state index is -1.51. The van der Waals surface area contributed by atoms with Crippen LogP contribution in [0.5, 0.6) is 0 Å². The van der Waals surface area contributed by atoms with Gasteiger partial charge in [-0.2, -0.15) is 0 Å². The van der Waals surface area contributed by atoms with Crippen molar-refractivity contribution in [3.05, 3.63) is 35.9 Å². The highest BCUT2D eigenvalue weighted by Crippen LogP contribution is 2.12. The lowest BCUT2D eigenvalue weighted by Crippen LogP contribution is -2.61. The van der Waals surface area contributed by atoms with E-state index in [4.69, 9.17) is 18.9 Å². The van der Waals surface area contributed by atoms with Crippen molar-refractivity contribution in [1.82, 2.24) is 26.6 Å². The monoisotopic (exact) mass is 721 g/mol. The highest BCUT2D eigenvalue weighted by atomic mass is 16.6. The van der Waals surface area contributed by atoms with Crippen LogP contribution in [0.25, 0.3) is 0 Å². The van der Waals surface area contributed by atoms with Crippen molar-refractivity contribution in [3.63, 3.8) is 0 Å². The third-order valence-corrected chi connectivity index (χ3v) is 6.88. The topological polar surface area (TPSA) is 199 Å². The predicted octanol–water partition coefficient (Wildman–Crippen LogP) is 4.61. The van der Waals surface area contributed by atoms with E-state index in [0.29, 0.717) is 32.2 Å². The fourth-order valence-corrected chi connectivity index (χ4v) is 4.41. The van der Waals surface area contributed by atoms with Crippen LogP contribution in [0.2, 0.25) is 0 Å². The highest BCUT2D eigenvalue weighted by molar-refractivity contribution is 5.95. The van der Waals surface area contributed by atoms with Gasteiger partial charge in [0, 0.05) is 13.1 Å². The highest BCUT2D eigenvalue weighted by Gasteiger charge is 2.35. The molecule has 0 spiro atoms. The van der Waals surface area contributed by atoms with Crippen LogP contribution < -0.4 is 26.6 Å². The molecule has 0 saturated carbocycles. The molecule has 0 heterocycles. The van der Waals surface area contributed by atoms with Crippen molar-refractivity contribution in [2.45, 2.75) is 136 Å². The Hall–Kier alpha value is -4.56. The Morgan fingerprint density at radius 1 is 0.647 bits per heavy atom. The van der Waals surface area contributed by atoms with E-state index >= 15 is 0 Å². The predicted molar refractivity (Wildman–Crippen MR) is 191 cm³/mol. The summed E-state index contributed by atoms with van der Waals surface area (Å²) in [7, 11) is 0. The van der Waals surface area contributed by atoms with Gasteiger partial charge in [-0.25, -0.2) is 19.2 Å². The normalized spacial score (nSPS) is 12.7. The van der Waals surface area contributed by atoms with E-state index in [1.807, 2.05) is 18.2 Å². The summed E-state index contributed by atoms with van der Waals surface area (Å²) in [6.07, 6.45) is 0.322. The molecule has 1 aromatic rings. The molecule has 5 N–H and O–H groups in total. The van der Waals surface area contributed by atoms with E-state index in [1.54, 1.807) is 60.6 Å². The number of hydrogen-bond acceptors (Lipinski definition) is 10. The Bertz CT molecular complexity index is 1280. The quantitative estimate of drug-likeness (QED) is 0.0763. The zero-order valence-electron chi connectivity index (χ0n) is 31.7. The molecule has 15 nitrogen and oxygen atoms in total. The molecule has 0 radical (unpaired) electrons. The van der Waals surface area contributed by atoms with Gasteiger partial charge in [0.25, 0.3) is 0 Å². The smallest absolute Gasteiger partial charge is 0.408 e. The second-order valence-electron chi connectivity index (χ2n) is 14.5. The molecular weight excluding hydrogens is 662 g/mol. The molecule has 0 aromatic heterocycles. The van der Waals surface area contributed by atoms with E-state index in [-0.39, 0.29) is 32.6 Å². The molecule has 1 aromatic carbocycles. The molecule has 0 aliphatic carbocycles. The number of ether oxygens (including phenoxy) is 4. The first kappa shape index (κ1) is 44.5. The van der Waals surface area contributed by atoms with Gasteiger partial charge in [0.2, 0.25) is 11.8 Å². The average molecular weight is 722 g/mol. The number of unbranched alkanes of at least 4 members (excludes halogenated alkanes) is 2. The summed E-state index contributed by atoms with van der Waals surface area (Å²) in [6.45, 7) is 15.8. The minimum Gasteiger partial charge on any atom is -0.464 e. The zero-order valence-corrected chi connectivity index (χ0v) is 31.7. The van der Waals surface area contributed by atoms with Crippen LogP contribution in [-0.2, 0) is 39.9 Å². The third kappa shape index (κ3) is 20.6. The largest absolute Gasteiger partial charge is 0.464 e. The summed E-state index contributed by atoms with van der Waals surface area (Å²) in [5.74, 6) is -1.92. The summed E-state index contributed by atoms with van der Waals surface area (Å²) in [5, 5.41) is 13.3. The van der Waals surface area contributed by atoms with E-state index in [2.05, 4.69) is 26.6 Å². The number of alkyl carbamates (subject to hydrolysis) is 3. The van der Waals surface area contributed by atoms with Crippen molar-refractivity contribution in [2.75, 3.05) is 19.7 Å². The minimum absolute atomic E-state index is 0.0129. The molecule has 1 rings (SSSR count). The Balaban J connectivity index is 2.87. The summed E-state index contributed by atoms with van der Waals surface area (Å²) in [4.78, 5) is 76.3. The average Bonchev–Trinajstić information content (AvgIpc) is 3.00. The van der Waals surface area contributed by atoms with E-state index < -0.39 is 64.9 Å². The van der Waals surface area contributed by atoms with Crippen molar-refractivity contribution < 1.29 is 47.7 Å². The lowest BCUT2D eigenvalue weighted by Gasteiger charge is -2.30. The molecule has 2 atom stereocenters. The zero-order chi connectivity index (χ0) is 38.7. The number of hydrogen-bond donors (Lipinski definition) is 5. The maximum atomic E-state index is 13.5. The number of esters is 1. The molecule has 0 fully saturated rings. The molecule has 0 aliphatic heterocycles. The Morgan fingerprint density at radius 2 is 1.16 bits per heavy atom. The van der Waals surface area contributed by atoms with E-state index in [9.17, 15) is 28.8 Å². The second-order valence-corrected chi connectivity index (χ2v) is 14.5. The van der Waals surface area contributed by atoms with Gasteiger partial charge < -0.3 is 45.5 Å². The van der Waals surface area contributed by atoms with Gasteiger partial charge >= 0.3 is 24.2 Å². The van der Waals surface area contributed by atoms with E-state index in [0.717, 1.165) is 5.56 Å². The summed E-state index contributed by atoms with van der Waals surface area (Å²) in [5.41, 5.74) is -2.02. The SMILES string of the molecule is CCOC(=O)[C@H](CCCCNC(=O)OC(C)(C)C)NC(=O)C(C)(C)NC(=O)[C@H](CCCCNC(=O)OC(C)(C)C)NC(=O)OCc1ccccc1. The number of carbonyl (C=O) groups is 6. The molecule has 288 valence electrons. The molecule has 0 bridgehead atoms. The molecule has 5 amide bonds. The van der Waals surface area contributed by atoms with Gasteiger partial charge in [-0.3, -0.25) is 9.59 Å². The van der Waals surface area contributed by atoms with Gasteiger partial charge in [-0.05, 0) is 106 Å². The maximum Gasteiger partial charge on any atom is 0.408 e. The van der Waals surface area contributed by atoms with Gasteiger partial charge in [-0.1, -0.05) is 30.3 Å². The number of nitrogens with one attached hydrogen (secondary N) is 5. The molecule has 51 heavy (non-hydrogen) atoms. The summed E-state index contributed by atoms with van der Waals surface area (Å²) < 4.78 is 20.9. The third-order valence-electron chi connectivity index (χ3n) is 6.88. The fraction of sp³-hybridized carbons (Fsp3) is 0.667. The molecule has 0 unspecified atom stereocenters. The fourth-order valence-electron chi connectivity index (χ4n) is 4.41. The molecule has 0 saturated heterocycles. The number of rotatable bonds is 19. The van der Waals surface area contributed by atoms with Gasteiger partial charge in [0.1, 0.15) is 35.4 Å². The first-order valence-corrected chi connectivity index (χ1v) is 17.4. The van der Waals surface area contributed by atoms with Crippen LogP contribution in [0.3, 0.4) is 0 Å². The van der Waals surface area contributed by atoms with Crippen LogP contribution in [0.15, 0.2) is 30.3 Å². The van der Waals surface area contributed by atoms with Crippen molar-refractivity contribution in [1.29, 1.82) is 0 Å². The van der Waals surface area contributed by atoms with E-state index in [1.165, 1.54) is 13.8 Å². The lowest BCUT2D eigenvalue weighted by molar-refractivity contribution is -0.148. The Kier molecular flexibility index (Phi) is 18.8. The first-order chi connectivity index (χ1) is 23.7. The summed E-state index contributed by atoms with van der Waals surface area (Å²) >= 11 is 0. The van der Waals surface area contributed by atoms with Crippen molar-refractivity contribution >= 4 is 36.1 Å². The van der Waals surface area contributed by atoms with Gasteiger partial charge in [-0.15, -0.1) is 0 Å². The van der Waals surface area contributed by atoms with Gasteiger partial charge in [0.05, 0.1) is 6.61 Å². The molecular formula is C36H59N5O10. The van der Waals surface area contributed by atoms with Gasteiger partial charge in [0.15, 0.2) is 0 Å². The second kappa shape index (κ2) is 21.6. The number of carbonyl (C=O) groups excluding carboxylic acids is 6. The van der Waals surface area contributed by atoms with Crippen LogP contribution in [0, 0.1) is 0 Å².